The van der Waals surface area contributed by atoms with Crippen molar-refractivity contribution in [2.24, 2.45) is 0 Å². The highest BCUT2D eigenvalue weighted by atomic mass is 16.7. The largest absolute Gasteiger partial charge is 0.347 e. The molecule has 2 saturated heterocycles. The number of hydrogen-bond donors (Lipinski definition) is 0. The van der Waals surface area contributed by atoms with E-state index < -0.39 is 0 Å². The lowest BCUT2D eigenvalue weighted by Crippen LogP contribution is -2.46. The number of rotatable bonds is 0. The van der Waals surface area contributed by atoms with Gasteiger partial charge in [0.2, 0.25) is 0 Å². The molecule has 76 valence electrons. The zero-order chi connectivity index (χ0) is 9.31. The van der Waals surface area contributed by atoms with E-state index in [1.807, 2.05) is 0 Å². The predicted octanol–water partition coefficient (Wildman–Crippen LogP) is 2.86. The summed E-state index contributed by atoms with van der Waals surface area (Å²) in [5.41, 5.74) is 0. The minimum Gasteiger partial charge on any atom is -0.347 e. The average Bonchev–Trinajstić information content (AvgIpc) is 2.02. The molecule has 13 heavy (non-hydrogen) atoms. The van der Waals surface area contributed by atoms with Gasteiger partial charge in [-0.15, -0.1) is 0 Å². The minimum absolute atomic E-state index is 0.199. The molecule has 0 unspecified atom stereocenters. The Morgan fingerprint density at radius 1 is 0.923 bits per heavy atom. The van der Waals surface area contributed by atoms with E-state index in [0.29, 0.717) is 12.2 Å². The second-order valence-corrected chi connectivity index (χ2v) is 4.55. The van der Waals surface area contributed by atoms with E-state index in [1.165, 1.54) is 25.7 Å². The lowest BCUT2D eigenvalue weighted by atomic mass is 9.93. The van der Waals surface area contributed by atoms with E-state index >= 15 is 0 Å². The van der Waals surface area contributed by atoms with Gasteiger partial charge < -0.3 is 9.47 Å². The molecule has 2 aliphatic rings. The summed E-state index contributed by atoms with van der Waals surface area (Å²) in [4.78, 5) is 0. The molecule has 0 radical (unpaired) electrons. The molecule has 2 heteroatoms. The molecule has 0 amide bonds. The maximum Gasteiger partial charge on any atom is 0.168 e. The molecule has 0 aromatic rings. The van der Waals surface area contributed by atoms with Gasteiger partial charge in [-0.25, -0.2) is 0 Å². The van der Waals surface area contributed by atoms with Crippen LogP contribution in [0.25, 0.3) is 0 Å². The van der Waals surface area contributed by atoms with Crippen molar-refractivity contribution in [1.82, 2.24) is 0 Å². The van der Waals surface area contributed by atoms with Crippen molar-refractivity contribution < 1.29 is 9.47 Å². The van der Waals surface area contributed by atoms with Crippen LogP contribution in [0.4, 0.5) is 0 Å². The van der Waals surface area contributed by atoms with Gasteiger partial charge in [0.1, 0.15) is 0 Å². The minimum atomic E-state index is -0.199. The molecule has 2 atom stereocenters. The molecule has 0 aromatic carbocycles. The zero-order valence-corrected chi connectivity index (χ0v) is 8.71. The molecule has 2 rings (SSSR count). The Morgan fingerprint density at radius 2 is 1.38 bits per heavy atom. The van der Waals surface area contributed by atoms with Gasteiger partial charge >= 0.3 is 0 Å². The summed E-state index contributed by atoms with van der Waals surface area (Å²) < 4.78 is 11.9. The highest BCUT2D eigenvalue weighted by Crippen LogP contribution is 2.38. The van der Waals surface area contributed by atoms with Crippen LogP contribution in [0.5, 0.6) is 0 Å². The van der Waals surface area contributed by atoms with Crippen LogP contribution >= 0.6 is 0 Å². The van der Waals surface area contributed by atoms with Gasteiger partial charge in [0.25, 0.3) is 0 Å². The number of hydrogen-bond acceptors (Lipinski definition) is 2. The third kappa shape index (κ3) is 2.05. The Bertz CT molecular complexity index is 159. The maximum atomic E-state index is 5.96. The number of ether oxygens (including phenoxy) is 2. The highest BCUT2D eigenvalue weighted by Gasteiger charge is 2.40. The van der Waals surface area contributed by atoms with E-state index in [1.54, 1.807) is 0 Å². The van der Waals surface area contributed by atoms with E-state index in [2.05, 4.69) is 13.8 Å². The summed E-state index contributed by atoms with van der Waals surface area (Å²) in [6.07, 6.45) is 7.88. The molecule has 0 aromatic heterocycles. The first-order chi connectivity index (χ1) is 6.20. The Balaban J connectivity index is 2.00. The van der Waals surface area contributed by atoms with Gasteiger partial charge in [-0.1, -0.05) is 0 Å². The van der Waals surface area contributed by atoms with Gasteiger partial charge in [-0.3, -0.25) is 0 Å². The van der Waals surface area contributed by atoms with E-state index in [0.717, 1.165) is 12.8 Å². The Hall–Kier alpha value is -0.0800. The summed E-state index contributed by atoms with van der Waals surface area (Å²) in [7, 11) is 0. The normalized spacial score (nSPS) is 39.2. The summed E-state index contributed by atoms with van der Waals surface area (Å²) in [6.45, 7) is 4.31. The first-order valence-electron chi connectivity index (χ1n) is 5.56. The van der Waals surface area contributed by atoms with Crippen LogP contribution < -0.4 is 0 Å². The molecule has 0 N–H and O–H groups in total. The topological polar surface area (TPSA) is 18.5 Å². The standard InChI is InChI=1S/C11H20O2/c1-9-5-3-7-11(12-9)8-4-6-10(2)13-11/h9-10H,3-8H2,1-2H3/t9-,10-,11?/m1/s1. The first kappa shape index (κ1) is 9.47. The smallest absolute Gasteiger partial charge is 0.168 e. The van der Waals surface area contributed by atoms with Gasteiger partial charge in [0, 0.05) is 12.8 Å². The summed E-state index contributed by atoms with van der Waals surface area (Å²) in [5.74, 6) is -0.199. The van der Waals surface area contributed by atoms with Crippen LogP contribution in [0.1, 0.15) is 52.4 Å². The second-order valence-electron chi connectivity index (χ2n) is 4.55. The maximum absolute atomic E-state index is 5.96. The first-order valence-corrected chi connectivity index (χ1v) is 5.56. The molecule has 0 saturated carbocycles. The second kappa shape index (κ2) is 3.58. The quantitative estimate of drug-likeness (QED) is 0.576. The van der Waals surface area contributed by atoms with Gasteiger partial charge in [0.05, 0.1) is 12.2 Å². The van der Waals surface area contributed by atoms with Crippen molar-refractivity contribution in [3.8, 4) is 0 Å². The molecule has 2 nitrogen and oxygen atoms in total. The van der Waals surface area contributed by atoms with E-state index in [9.17, 15) is 0 Å². The van der Waals surface area contributed by atoms with E-state index in [-0.39, 0.29) is 5.79 Å². The van der Waals surface area contributed by atoms with E-state index in [4.69, 9.17) is 9.47 Å². The molecular formula is C11H20O2. The van der Waals surface area contributed by atoms with Crippen LogP contribution in [-0.4, -0.2) is 18.0 Å². The average molecular weight is 184 g/mol. The SMILES string of the molecule is C[C@@H]1CCCC2(CCC[C@@H](C)O2)O1. The highest BCUT2D eigenvalue weighted by molar-refractivity contribution is 4.81. The molecule has 0 bridgehead atoms. The Labute approximate surface area is 80.6 Å². The fourth-order valence-electron chi connectivity index (χ4n) is 2.56. The molecular weight excluding hydrogens is 164 g/mol. The summed E-state index contributed by atoms with van der Waals surface area (Å²) in [6, 6.07) is 0. The van der Waals surface area contributed by atoms with Crippen molar-refractivity contribution in [3.05, 3.63) is 0 Å². The summed E-state index contributed by atoms with van der Waals surface area (Å²) >= 11 is 0. The van der Waals surface area contributed by atoms with Crippen LogP contribution in [-0.2, 0) is 9.47 Å². The lowest BCUT2D eigenvalue weighted by molar-refractivity contribution is -0.309. The van der Waals surface area contributed by atoms with Crippen molar-refractivity contribution in [2.75, 3.05) is 0 Å². The Kier molecular flexibility index (Phi) is 2.61. The molecule has 1 spiro atoms. The van der Waals surface area contributed by atoms with Crippen LogP contribution in [0.3, 0.4) is 0 Å². The van der Waals surface area contributed by atoms with Crippen LogP contribution in [0.2, 0.25) is 0 Å². The summed E-state index contributed by atoms with van der Waals surface area (Å²) in [5, 5.41) is 0. The van der Waals surface area contributed by atoms with Crippen LogP contribution in [0.15, 0.2) is 0 Å². The van der Waals surface area contributed by atoms with Crippen molar-refractivity contribution >= 4 is 0 Å². The van der Waals surface area contributed by atoms with Crippen molar-refractivity contribution in [3.63, 3.8) is 0 Å². The molecule has 2 fully saturated rings. The lowest BCUT2D eigenvalue weighted by Gasteiger charge is -2.44. The molecule has 0 aliphatic carbocycles. The fraction of sp³-hybridized carbons (Fsp3) is 1.00. The Morgan fingerprint density at radius 3 is 1.77 bits per heavy atom. The predicted molar refractivity (Wildman–Crippen MR) is 51.5 cm³/mol. The van der Waals surface area contributed by atoms with Crippen LogP contribution in [0, 0.1) is 0 Å². The fourth-order valence-corrected chi connectivity index (χ4v) is 2.56. The van der Waals surface area contributed by atoms with Crippen molar-refractivity contribution in [1.29, 1.82) is 0 Å². The monoisotopic (exact) mass is 184 g/mol. The molecule has 2 heterocycles. The van der Waals surface area contributed by atoms with Crippen molar-refractivity contribution in [2.45, 2.75) is 70.4 Å². The third-order valence-electron chi connectivity index (χ3n) is 3.17. The van der Waals surface area contributed by atoms with Gasteiger partial charge in [0.15, 0.2) is 5.79 Å². The zero-order valence-electron chi connectivity index (χ0n) is 8.71. The van der Waals surface area contributed by atoms with Gasteiger partial charge in [-0.2, -0.15) is 0 Å². The molecule has 2 aliphatic heterocycles. The third-order valence-corrected chi connectivity index (χ3v) is 3.17. The van der Waals surface area contributed by atoms with Gasteiger partial charge in [-0.05, 0) is 39.5 Å².